The lowest BCUT2D eigenvalue weighted by Gasteiger charge is -2.33. The standard InChI is InChI=1S/C26H37N3O2/c30-25(27-24-15-16-28(20-24)19-22-7-3-1-4-8-22)12-11-21-13-17-29(18-14-21)26(31)23-9-5-2-6-10-23/h1,3-4,7-9,21,24H,2,5-6,10-20H2,(H,27,30)/t24-/m0/s1. The molecular weight excluding hydrogens is 386 g/mol. The highest BCUT2D eigenvalue weighted by molar-refractivity contribution is 5.93. The van der Waals surface area contributed by atoms with Gasteiger partial charge in [0, 0.05) is 50.8 Å². The molecule has 1 atom stereocenters. The monoisotopic (exact) mass is 423 g/mol. The number of allylic oxidation sites excluding steroid dienone is 1. The fourth-order valence-corrected chi connectivity index (χ4v) is 5.23. The van der Waals surface area contributed by atoms with Crippen LogP contribution in [0, 0.1) is 5.92 Å². The van der Waals surface area contributed by atoms with Gasteiger partial charge in [-0.3, -0.25) is 14.5 Å². The highest BCUT2D eigenvalue weighted by Gasteiger charge is 2.27. The minimum absolute atomic E-state index is 0.192. The van der Waals surface area contributed by atoms with Crippen molar-refractivity contribution in [2.75, 3.05) is 26.2 Å². The summed E-state index contributed by atoms with van der Waals surface area (Å²) in [6.07, 6.45) is 11.2. The minimum Gasteiger partial charge on any atom is -0.352 e. The average Bonchev–Trinajstić information content (AvgIpc) is 3.25. The quantitative estimate of drug-likeness (QED) is 0.724. The number of likely N-dealkylation sites (tertiary alicyclic amines) is 2. The van der Waals surface area contributed by atoms with Crippen molar-refractivity contribution in [3.8, 4) is 0 Å². The predicted octanol–water partition coefficient (Wildman–Crippen LogP) is 3.90. The molecule has 5 nitrogen and oxygen atoms in total. The van der Waals surface area contributed by atoms with E-state index in [2.05, 4.69) is 40.6 Å². The molecule has 0 saturated carbocycles. The number of piperidine rings is 1. The zero-order valence-corrected chi connectivity index (χ0v) is 18.7. The third-order valence-corrected chi connectivity index (χ3v) is 7.13. The molecule has 2 amide bonds. The van der Waals surface area contributed by atoms with E-state index in [4.69, 9.17) is 0 Å². The van der Waals surface area contributed by atoms with Crippen molar-refractivity contribution >= 4 is 11.8 Å². The van der Waals surface area contributed by atoms with Crippen molar-refractivity contribution in [2.45, 2.75) is 70.4 Å². The molecule has 0 spiro atoms. The van der Waals surface area contributed by atoms with Crippen LogP contribution in [0.3, 0.4) is 0 Å². The van der Waals surface area contributed by atoms with E-state index in [0.717, 1.165) is 83.2 Å². The molecule has 0 radical (unpaired) electrons. The molecule has 1 aliphatic carbocycles. The van der Waals surface area contributed by atoms with Gasteiger partial charge >= 0.3 is 0 Å². The van der Waals surface area contributed by atoms with Gasteiger partial charge in [0.25, 0.3) is 0 Å². The van der Waals surface area contributed by atoms with E-state index in [0.29, 0.717) is 12.3 Å². The van der Waals surface area contributed by atoms with Gasteiger partial charge in [0.1, 0.15) is 0 Å². The highest BCUT2D eigenvalue weighted by atomic mass is 16.2. The fraction of sp³-hybridized carbons (Fsp3) is 0.615. The molecule has 5 heteroatoms. The normalized spacial score (nSPS) is 22.9. The second-order valence-electron chi connectivity index (χ2n) is 9.52. The van der Waals surface area contributed by atoms with Crippen LogP contribution < -0.4 is 5.32 Å². The largest absolute Gasteiger partial charge is 0.352 e. The number of hydrogen-bond acceptors (Lipinski definition) is 3. The molecule has 2 aliphatic heterocycles. The topological polar surface area (TPSA) is 52.7 Å². The number of benzene rings is 1. The molecule has 1 aromatic rings. The molecule has 0 aromatic heterocycles. The van der Waals surface area contributed by atoms with Gasteiger partial charge in [-0.15, -0.1) is 0 Å². The minimum atomic E-state index is 0.192. The van der Waals surface area contributed by atoms with E-state index in [9.17, 15) is 9.59 Å². The van der Waals surface area contributed by atoms with Crippen LogP contribution in [-0.4, -0.2) is 53.8 Å². The molecule has 0 bridgehead atoms. The van der Waals surface area contributed by atoms with Crippen molar-refractivity contribution in [1.29, 1.82) is 0 Å². The molecule has 2 heterocycles. The third-order valence-electron chi connectivity index (χ3n) is 7.13. The van der Waals surface area contributed by atoms with E-state index >= 15 is 0 Å². The number of nitrogens with one attached hydrogen (secondary N) is 1. The Balaban J connectivity index is 1.12. The molecule has 0 unspecified atom stereocenters. The smallest absolute Gasteiger partial charge is 0.249 e. The van der Waals surface area contributed by atoms with Crippen LogP contribution in [0.1, 0.15) is 63.4 Å². The summed E-state index contributed by atoms with van der Waals surface area (Å²) in [5.74, 6) is 1.02. The number of carbonyl (C=O) groups is 2. The number of nitrogens with zero attached hydrogens (tertiary/aromatic N) is 2. The van der Waals surface area contributed by atoms with Crippen LogP contribution >= 0.6 is 0 Å². The van der Waals surface area contributed by atoms with E-state index < -0.39 is 0 Å². The Bertz CT molecular complexity index is 768. The highest BCUT2D eigenvalue weighted by Crippen LogP contribution is 2.25. The molecule has 31 heavy (non-hydrogen) atoms. The molecular formula is C26H37N3O2. The first-order valence-corrected chi connectivity index (χ1v) is 12.2. The van der Waals surface area contributed by atoms with Crippen LogP contribution in [0.2, 0.25) is 0 Å². The maximum atomic E-state index is 12.7. The van der Waals surface area contributed by atoms with Crippen LogP contribution in [0.15, 0.2) is 42.0 Å². The maximum Gasteiger partial charge on any atom is 0.249 e. The first-order valence-electron chi connectivity index (χ1n) is 12.2. The predicted molar refractivity (Wildman–Crippen MR) is 123 cm³/mol. The Morgan fingerprint density at radius 3 is 2.55 bits per heavy atom. The third kappa shape index (κ3) is 6.42. The molecule has 1 N–H and O–H groups in total. The lowest BCUT2D eigenvalue weighted by molar-refractivity contribution is -0.129. The van der Waals surface area contributed by atoms with Gasteiger partial charge in [-0.1, -0.05) is 36.4 Å². The summed E-state index contributed by atoms with van der Waals surface area (Å²) in [5.41, 5.74) is 2.36. The van der Waals surface area contributed by atoms with Gasteiger partial charge in [0.2, 0.25) is 11.8 Å². The summed E-state index contributed by atoms with van der Waals surface area (Å²) >= 11 is 0. The van der Waals surface area contributed by atoms with Crippen molar-refractivity contribution in [3.63, 3.8) is 0 Å². The summed E-state index contributed by atoms with van der Waals surface area (Å²) in [4.78, 5) is 29.6. The van der Waals surface area contributed by atoms with E-state index in [1.807, 2.05) is 11.0 Å². The maximum absolute atomic E-state index is 12.7. The van der Waals surface area contributed by atoms with E-state index in [1.165, 1.54) is 12.0 Å². The SMILES string of the molecule is O=C(CCC1CCN(C(=O)C2=CCCCC2)CC1)N[C@H]1CCN(Cc2ccccc2)C1. The van der Waals surface area contributed by atoms with E-state index in [1.54, 1.807) is 0 Å². The second kappa shape index (κ2) is 10.9. The lowest BCUT2D eigenvalue weighted by Crippen LogP contribution is -2.40. The first kappa shape index (κ1) is 22.1. The zero-order chi connectivity index (χ0) is 21.5. The molecule has 1 aromatic carbocycles. The van der Waals surface area contributed by atoms with E-state index in [-0.39, 0.29) is 17.9 Å². The molecule has 4 rings (SSSR count). The number of hydrogen-bond donors (Lipinski definition) is 1. The first-order chi connectivity index (χ1) is 15.2. The van der Waals surface area contributed by atoms with Crippen LogP contribution in [0.25, 0.3) is 0 Å². The Kier molecular flexibility index (Phi) is 7.79. The summed E-state index contributed by atoms with van der Waals surface area (Å²) in [5, 5.41) is 3.25. The zero-order valence-electron chi connectivity index (χ0n) is 18.7. The molecule has 2 saturated heterocycles. The van der Waals surface area contributed by atoms with Crippen LogP contribution in [-0.2, 0) is 16.1 Å². The Morgan fingerprint density at radius 2 is 1.81 bits per heavy atom. The molecule has 2 fully saturated rings. The van der Waals surface area contributed by atoms with Gasteiger partial charge in [0.05, 0.1) is 0 Å². The van der Waals surface area contributed by atoms with Gasteiger partial charge in [-0.2, -0.15) is 0 Å². The summed E-state index contributed by atoms with van der Waals surface area (Å²) < 4.78 is 0. The van der Waals surface area contributed by atoms with Gasteiger partial charge in [-0.05, 0) is 62.8 Å². The molecule has 3 aliphatic rings. The van der Waals surface area contributed by atoms with Gasteiger partial charge in [0.15, 0.2) is 0 Å². The number of rotatable bonds is 7. The van der Waals surface area contributed by atoms with Crippen molar-refractivity contribution in [2.24, 2.45) is 5.92 Å². The molecule has 168 valence electrons. The van der Waals surface area contributed by atoms with Crippen molar-refractivity contribution in [1.82, 2.24) is 15.1 Å². The van der Waals surface area contributed by atoms with Gasteiger partial charge in [-0.25, -0.2) is 0 Å². The number of carbonyl (C=O) groups excluding carboxylic acids is 2. The fourth-order valence-electron chi connectivity index (χ4n) is 5.23. The second-order valence-corrected chi connectivity index (χ2v) is 9.52. The average molecular weight is 424 g/mol. The Morgan fingerprint density at radius 1 is 1.00 bits per heavy atom. The lowest BCUT2D eigenvalue weighted by atomic mass is 9.91. The summed E-state index contributed by atoms with van der Waals surface area (Å²) in [6.45, 7) is 4.64. The van der Waals surface area contributed by atoms with Crippen molar-refractivity contribution in [3.05, 3.63) is 47.5 Å². The van der Waals surface area contributed by atoms with Gasteiger partial charge < -0.3 is 10.2 Å². The van der Waals surface area contributed by atoms with Crippen LogP contribution in [0.5, 0.6) is 0 Å². The Hall–Kier alpha value is -2.14. The number of amides is 2. The Labute approximate surface area is 186 Å². The van der Waals surface area contributed by atoms with Crippen molar-refractivity contribution < 1.29 is 9.59 Å². The summed E-state index contributed by atoms with van der Waals surface area (Å²) in [6, 6.07) is 10.8. The van der Waals surface area contributed by atoms with Crippen LogP contribution in [0.4, 0.5) is 0 Å². The summed E-state index contributed by atoms with van der Waals surface area (Å²) in [7, 11) is 0.